The second kappa shape index (κ2) is 3.74. The molecule has 14 heavy (non-hydrogen) atoms. The van der Waals surface area contributed by atoms with E-state index in [2.05, 4.69) is 12.2 Å². The van der Waals surface area contributed by atoms with Crippen LogP contribution in [-0.4, -0.2) is 43.0 Å². The molecule has 2 atom stereocenters. The Hall–Kier alpha value is -0.220. The molecule has 0 spiro atoms. The molecule has 2 rings (SSSR count). The van der Waals surface area contributed by atoms with Gasteiger partial charge in [0.2, 0.25) is 0 Å². The van der Waals surface area contributed by atoms with Crippen LogP contribution in [0, 0.1) is 5.92 Å². The van der Waals surface area contributed by atoms with E-state index in [0.29, 0.717) is 18.5 Å². The topological polar surface area (TPSA) is 15.3 Å². The number of hydrogen-bond donors (Lipinski definition) is 1. The molecule has 0 bridgehead atoms. The molecule has 4 heteroatoms. The van der Waals surface area contributed by atoms with E-state index in [0.717, 1.165) is 19.5 Å². The number of rotatable bonds is 1. The third-order valence-corrected chi connectivity index (χ3v) is 3.26. The maximum Gasteiger partial charge on any atom is 0.261 e. The molecule has 2 aliphatic heterocycles. The first-order valence-electron chi connectivity index (χ1n) is 5.39. The number of hydrogen-bond acceptors (Lipinski definition) is 2. The number of piperidine rings is 1. The highest BCUT2D eigenvalue weighted by Crippen LogP contribution is 2.30. The lowest BCUT2D eigenvalue weighted by Gasteiger charge is -2.34. The molecule has 2 heterocycles. The molecule has 82 valence electrons. The van der Waals surface area contributed by atoms with E-state index >= 15 is 0 Å². The minimum absolute atomic E-state index is 0.0356. The molecule has 2 fully saturated rings. The van der Waals surface area contributed by atoms with Crippen LogP contribution in [0.25, 0.3) is 0 Å². The predicted octanol–water partition coefficient (Wildman–Crippen LogP) is 1.33. The van der Waals surface area contributed by atoms with E-state index in [1.165, 1.54) is 0 Å². The average Bonchev–Trinajstić information content (AvgIpc) is 2.46. The molecule has 0 aromatic heterocycles. The molecule has 0 aromatic rings. The van der Waals surface area contributed by atoms with Gasteiger partial charge in [-0.1, -0.05) is 6.92 Å². The smallest absolute Gasteiger partial charge is 0.261 e. The second-order valence-electron chi connectivity index (χ2n) is 4.73. The molecule has 0 aromatic carbocycles. The van der Waals surface area contributed by atoms with E-state index in [4.69, 9.17) is 0 Å². The van der Waals surface area contributed by atoms with Crippen LogP contribution in [0.3, 0.4) is 0 Å². The van der Waals surface area contributed by atoms with Crippen molar-refractivity contribution in [2.75, 3.05) is 26.2 Å². The zero-order valence-corrected chi connectivity index (χ0v) is 8.60. The molecular formula is C10H18F2N2. The summed E-state index contributed by atoms with van der Waals surface area (Å²) in [6.45, 7) is 4.60. The molecule has 2 saturated heterocycles. The summed E-state index contributed by atoms with van der Waals surface area (Å²) in [6, 6.07) is 0.326. The van der Waals surface area contributed by atoms with Crippen molar-refractivity contribution in [2.45, 2.75) is 31.7 Å². The van der Waals surface area contributed by atoms with Crippen molar-refractivity contribution in [1.29, 1.82) is 0 Å². The standard InChI is InChI=1S/C10H18F2N2/c1-8-4-9(6-13-5-8)14-3-2-10(11,12)7-14/h8-9,13H,2-7H2,1H3. The van der Waals surface area contributed by atoms with E-state index in [-0.39, 0.29) is 13.0 Å². The van der Waals surface area contributed by atoms with Gasteiger partial charge in [0.1, 0.15) is 0 Å². The monoisotopic (exact) mass is 204 g/mol. The molecule has 2 aliphatic rings. The van der Waals surface area contributed by atoms with Gasteiger partial charge in [0.05, 0.1) is 6.54 Å². The van der Waals surface area contributed by atoms with Gasteiger partial charge in [0.25, 0.3) is 5.92 Å². The predicted molar refractivity (Wildman–Crippen MR) is 51.6 cm³/mol. The summed E-state index contributed by atoms with van der Waals surface area (Å²) in [7, 11) is 0. The van der Waals surface area contributed by atoms with Crippen molar-refractivity contribution in [2.24, 2.45) is 5.92 Å². The average molecular weight is 204 g/mol. The molecule has 0 amide bonds. The van der Waals surface area contributed by atoms with Crippen molar-refractivity contribution < 1.29 is 8.78 Å². The number of nitrogens with one attached hydrogen (secondary N) is 1. The van der Waals surface area contributed by atoms with Gasteiger partial charge in [-0.05, 0) is 18.9 Å². The van der Waals surface area contributed by atoms with Crippen LogP contribution in [0.2, 0.25) is 0 Å². The van der Waals surface area contributed by atoms with Crippen LogP contribution in [0.5, 0.6) is 0 Å². The summed E-state index contributed by atoms with van der Waals surface area (Å²) in [5.74, 6) is -1.83. The van der Waals surface area contributed by atoms with Crippen LogP contribution in [0.4, 0.5) is 8.78 Å². The zero-order valence-electron chi connectivity index (χ0n) is 8.60. The highest BCUT2D eigenvalue weighted by Gasteiger charge is 2.41. The fourth-order valence-electron chi connectivity index (χ4n) is 2.48. The molecular weight excluding hydrogens is 186 g/mol. The van der Waals surface area contributed by atoms with Gasteiger partial charge >= 0.3 is 0 Å². The van der Waals surface area contributed by atoms with Crippen molar-refractivity contribution >= 4 is 0 Å². The lowest BCUT2D eigenvalue weighted by Crippen LogP contribution is -2.48. The summed E-state index contributed by atoms with van der Waals surface area (Å²) < 4.78 is 26.0. The van der Waals surface area contributed by atoms with Crippen LogP contribution < -0.4 is 5.32 Å². The third kappa shape index (κ3) is 2.23. The number of nitrogens with zero attached hydrogens (tertiary/aromatic N) is 1. The Labute approximate surface area is 83.7 Å². The van der Waals surface area contributed by atoms with Crippen molar-refractivity contribution in [1.82, 2.24) is 10.2 Å². The van der Waals surface area contributed by atoms with Crippen molar-refractivity contribution in [3.05, 3.63) is 0 Å². The first kappa shape index (κ1) is 10.3. The minimum Gasteiger partial charge on any atom is -0.315 e. The van der Waals surface area contributed by atoms with E-state index in [1.54, 1.807) is 0 Å². The van der Waals surface area contributed by atoms with Crippen LogP contribution in [0.1, 0.15) is 19.8 Å². The van der Waals surface area contributed by atoms with Gasteiger partial charge in [-0.3, -0.25) is 4.90 Å². The van der Waals surface area contributed by atoms with Gasteiger partial charge in [0, 0.05) is 25.6 Å². The largest absolute Gasteiger partial charge is 0.315 e. The van der Waals surface area contributed by atoms with Crippen LogP contribution in [-0.2, 0) is 0 Å². The Morgan fingerprint density at radius 1 is 1.36 bits per heavy atom. The highest BCUT2D eigenvalue weighted by molar-refractivity contribution is 4.89. The van der Waals surface area contributed by atoms with Crippen LogP contribution >= 0.6 is 0 Å². The molecule has 0 aliphatic carbocycles. The Kier molecular flexibility index (Phi) is 2.75. The molecule has 0 saturated carbocycles. The molecule has 1 N–H and O–H groups in total. The van der Waals surface area contributed by atoms with Gasteiger partial charge in [-0.2, -0.15) is 0 Å². The second-order valence-corrected chi connectivity index (χ2v) is 4.73. The Morgan fingerprint density at radius 3 is 2.71 bits per heavy atom. The SMILES string of the molecule is CC1CNCC(N2CCC(F)(F)C2)C1. The number of halogens is 2. The number of likely N-dealkylation sites (tertiary alicyclic amines) is 1. The van der Waals surface area contributed by atoms with Gasteiger partial charge < -0.3 is 5.32 Å². The summed E-state index contributed by atoms with van der Waals surface area (Å²) in [5, 5.41) is 3.30. The summed E-state index contributed by atoms with van der Waals surface area (Å²) in [4.78, 5) is 1.95. The zero-order chi connectivity index (χ0) is 10.2. The van der Waals surface area contributed by atoms with E-state index < -0.39 is 5.92 Å². The Balaban J connectivity index is 1.89. The van der Waals surface area contributed by atoms with Gasteiger partial charge in [-0.15, -0.1) is 0 Å². The lowest BCUT2D eigenvalue weighted by atomic mass is 9.97. The minimum atomic E-state index is -2.44. The maximum atomic E-state index is 13.0. The van der Waals surface area contributed by atoms with E-state index in [9.17, 15) is 8.78 Å². The van der Waals surface area contributed by atoms with E-state index in [1.807, 2.05) is 4.90 Å². The lowest BCUT2D eigenvalue weighted by molar-refractivity contribution is 0.00521. The van der Waals surface area contributed by atoms with Gasteiger partial charge in [0.15, 0.2) is 0 Å². The Morgan fingerprint density at radius 2 is 2.14 bits per heavy atom. The normalized spacial score (nSPS) is 38.8. The maximum absolute atomic E-state index is 13.0. The molecule has 2 nitrogen and oxygen atoms in total. The summed E-state index contributed by atoms with van der Waals surface area (Å²) in [5.41, 5.74) is 0. The first-order chi connectivity index (χ1) is 6.57. The van der Waals surface area contributed by atoms with Crippen molar-refractivity contribution in [3.63, 3.8) is 0 Å². The Bertz CT molecular complexity index is 208. The number of alkyl halides is 2. The summed E-state index contributed by atoms with van der Waals surface area (Å²) >= 11 is 0. The van der Waals surface area contributed by atoms with Crippen LogP contribution in [0.15, 0.2) is 0 Å². The molecule has 0 radical (unpaired) electrons. The molecule has 2 unspecified atom stereocenters. The first-order valence-corrected chi connectivity index (χ1v) is 5.39. The fraction of sp³-hybridized carbons (Fsp3) is 1.00. The third-order valence-electron chi connectivity index (χ3n) is 3.26. The highest BCUT2D eigenvalue weighted by atomic mass is 19.3. The quantitative estimate of drug-likeness (QED) is 0.693. The summed E-state index contributed by atoms with van der Waals surface area (Å²) in [6.07, 6.45) is 1.10. The fourth-order valence-corrected chi connectivity index (χ4v) is 2.48. The van der Waals surface area contributed by atoms with Crippen molar-refractivity contribution in [3.8, 4) is 0 Å². The van der Waals surface area contributed by atoms with Gasteiger partial charge in [-0.25, -0.2) is 8.78 Å².